The molecule has 0 saturated carbocycles. The molecule has 36 heavy (non-hydrogen) atoms. The van der Waals surface area contributed by atoms with Gasteiger partial charge in [0.1, 0.15) is 11.5 Å². The molecule has 190 valence electrons. The molecule has 0 fully saturated rings. The first-order chi connectivity index (χ1) is 17.2. The van der Waals surface area contributed by atoms with Gasteiger partial charge in [0.15, 0.2) is 14.6 Å². The van der Waals surface area contributed by atoms with Crippen LogP contribution in [0.1, 0.15) is 12.0 Å². The van der Waals surface area contributed by atoms with E-state index in [1.807, 2.05) is 12.1 Å². The van der Waals surface area contributed by atoms with Crippen molar-refractivity contribution in [3.05, 3.63) is 62.9 Å². The van der Waals surface area contributed by atoms with Crippen molar-refractivity contribution in [3.63, 3.8) is 0 Å². The first-order valence-corrected chi connectivity index (χ1v) is 13.8. The highest BCUT2D eigenvalue weighted by atomic mass is 32.2. The summed E-state index contributed by atoms with van der Waals surface area (Å²) in [6.45, 7) is 1.01. The number of hydrogen-bond donors (Lipinski definition) is 0. The smallest absolute Gasteiger partial charge is 0.270 e. The standard InChI is InChI=1S/C23H24N4O7S2/c1-34-12-11-26-19-9-8-17(27(30)31)13-20(19)35-23(26)24-21(28)14-36(32,33)15-22(29)25-10-4-6-16-5-2-3-7-18(16)25/h2-3,5,7-9,13H,4,6,10-12,14-15H2,1H3. The monoisotopic (exact) mass is 532 g/mol. The number of hydrogen-bond acceptors (Lipinski definition) is 8. The Kier molecular flexibility index (Phi) is 7.62. The van der Waals surface area contributed by atoms with Gasteiger partial charge in [-0.05, 0) is 30.5 Å². The molecule has 0 aliphatic carbocycles. The topological polar surface area (TPSA) is 141 Å². The number of methoxy groups -OCH3 is 1. The summed E-state index contributed by atoms with van der Waals surface area (Å²) >= 11 is 1.03. The molecule has 0 saturated heterocycles. The molecule has 1 aliphatic heterocycles. The number of amides is 2. The zero-order chi connectivity index (χ0) is 25.9. The lowest BCUT2D eigenvalue weighted by Gasteiger charge is -2.29. The van der Waals surface area contributed by atoms with E-state index in [0.29, 0.717) is 29.0 Å². The number of carbonyl (C=O) groups excluding carboxylic acids is 2. The lowest BCUT2D eigenvalue weighted by molar-refractivity contribution is -0.384. The lowest BCUT2D eigenvalue weighted by Crippen LogP contribution is -2.40. The predicted molar refractivity (Wildman–Crippen MR) is 135 cm³/mol. The van der Waals surface area contributed by atoms with Gasteiger partial charge in [0.25, 0.3) is 11.6 Å². The summed E-state index contributed by atoms with van der Waals surface area (Å²) in [5, 5.41) is 11.1. The van der Waals surface area contributed by atoms with Crippen LogP contribution in [0.15, 0.2) is 47.5 Å². The van der Waals surface area contributed by atoms with Gasteiger partial charge in [-0.25, -0.2) is 8.42 Å². The van der Waals surface area contributed by atoms with Gasteiger partial charge in [-0.1, -0.05) is 29.5 Å². The van der Waals surface area contributed by atoms with E-state index in [0.717, 1.165) is 29.7 Å². The Hall–Kier alpha value is -3.42. The number of aromatic nitrogens is 1. The fourth-order valence-corrected chi connectivity index (χ4v) is 6.28. The SMILES string of the molecule is COCCn1c(=NC(=O)CS(=O)(=O)CC(=O)N2CCCc3ccccc32)sc2cc([N+](=O)[O-])ccc21. The minimum absolute atomic E-state index is 0.110. The van der Waals surface area contributed by atoms with Crippen molar-refractivity contribution in [1.29, 1.82) is 0 Å². The first-order valence-electron chi connectivity index (χ1n) is 11.1. The summed E-state index contributed by atoms with van der Waals surface area (Å²) in [7, 11) is -2.58. The molecule has 0 spiro atoms. The highest BCUT2D eigenvalue weighted by Gasteiger charge is 2.28. The van der Waals surface area contributed by atoms with Gasteiger partial charge in [-0.15, -0.1) is 0 Å². The number of ether oxygens (including phenoxy) is 1. The van der Waals surface area contributed by atoms with Gasteiger partial charge < -0.3 is 14.2 Å². The quantitative estimate of drug-likeness (QED) is 0.319. The number of nitro benzene ring substituents is 1. The summed E-state index contributed by atoms with van der Waals surface area (Å²) < 4.78 is 32.7. The van der Waals surface area contributed by atoms with Crippen LogP contribution in [0.3, 0.4) is 0 Å². The van der Waals surface area contributed by atoms with Crippen LogP contribution in [0.25, 0.3) is 10.2 Å². The number of nitrogens with zero attached hydrogens (tertiary/aromatic N) is 4. The molecular weight excluding hydrogens is 508 g/mol. The second-order valence-electron chi connectivity index (χ2n) is 8.25. The second kappa shape index (κ2) is 10.7. The molecule has 0 unspecified atom stereocenters. The molecule has 11 nitrogen and oxygen atoms in total. The third-order valence-electron chi connectivity index (χ3n) is 5.71. The predicted octanol–water partition coefficient (Wildman–Crippen LogP) is 2.08. The number of fused-ring (bicyclic) bond motifs is 2. The maximum Gasteiger partial charge on any atom is 0.270 e. The third-order valence-corrected chi connectivity index (χ3v) is 8.13. The molecule has 3 aromatic rings. The molecule has 2 amide bonds. The molecule has 4 rings (SSSR count). The fraction of sp³-hybridized carbons (Fsp3) is 0.348. The lowest BCUT2D eigenvalue weighted by atomic mass is 10.0. The molecule has 0 atom stereocenters. The number of anilines is 1. The van der Waals surface area contributed by atoms with Gasteiger partial charge in [-0.3, -0.25) is 19.7 Å². The summed E-state index contributed by atoms with van der Waals surface area (Å²) in [6.07, 6.45) is 1.54. The number of carbonyl (C=O) groups is 2. The van der Waals surface area contributed by atoms with E-state index in [1.165, 1.54) is 24.1 Å². The Morgan fingerprint density at radius 1 is 1.19 bits per heavy atom. The highest BCUT2D eigenvalue weighted by molar-refractivity contribution is 7.92. The maximum atomic E-state index is 12.8. The minimum Gasteiger partial charge on any atom is -0.383 e. The fourth-order valence-electron chi connectivity index (χ4n) is 4.10. The van der Waals surface area contributed by atoms with Crippen LogP contribution in [0.2, 0.25) is 0 Å². The summed E-state index contributed by atoms with van der Waals surface area (Å²) in [6, 6.07) is 11.6. The zero-order valence-electron chi connectivity index (χ0n) is 19.5. The maximum absolute atomic E-state index is 12.8. The molecule has 1 aromatic heterocycles. The van der Waals surface area contributed by atoms with Crippen molar-refractivity contribution < 1.29 is 27.7 Å². The number of para-hydroxylation sites is 1. The molecular formula is C23H24N4O7S2. The van der Waals surface area contributed by atoms with Gasteiger partial charge in [0, 0.05) is 38.0 Å². The molecule has 2 heterocycles. The Morgan fingerprint density at radius 2 is 1.97 bits per heavy atom. The molecule has 2 aromatic carbocycles. The molecule has 0 N–H and O–H groups in total. The Bertz CT molecular complexity index is 1510. The largest absolute Gasteiger partial charge is 0.383 e. The van der Waals surface area contributed by atoms with Crippen LogP contribution in [-0.4, -0.2) is 61.5 Å². The Morgan fingerprint density at radius 3 is 2.72 bits per heavy atom. The normalized spacial score (nSPS) is 14.1. The van der Waals surface area contributed by atoms with Gasteiger partial charge >= 0.3 is 0 Å². The number of nitro groups is 1. The van der Waals surface area contributed by atoms with Gasteiger partial charge in [0.05, 0.1) is 21.7 Å². The zero-order valence-corrected chi connectivity index (χ0v) is 21.1. The average molecular weight is 533 g/mol. The second-order valence-corrected chi connectivity index (χ2v) is 11.3. The summed E-state index contributed by atoms with van der Waals surface area (Å²) in [4.78, 5) is 41.7. The van der Waals surface area contributed by atoms with Crippen LogP contribution in [-0.2, 0) is 37.1 Å². The summed E-state index contributed by atoms with van der Waals surface area (Å²) in [5.41, 5.74) is 2.17. The molecule has 1 aliphatic rings. The van der Waals surface area contributed by atoms with E-state index in [2.05, 4.69) is 4.99 Å². The third kappa shape index (κ3) is 5.69. The van der Waals surface area contributed by atoms with E-state index in [-0.39, 0.29) is 17.1 Å². The van der Waals surface area contributed by atoms with Gasteiger partial charge in [0.2, 0.25) is 5.91 Å². The van der Waals surface area contributed by atoms with E-state index in [1.54, 1.807) is 22.8 Å². The van der Waals surface area contributed by atoms with Crippen molar-refractivity contribution in [2.75, 3.05) is 36.7 Å². The van der Waals surface area contributed by atoms with E-state index < -0.39 is 38.1 Å². The Labute approximate surface area is 210 Å². The van der Waals surface area contributed by atoms with Crippen LogP contribution in [0.5, 0.6) is 0 Å². The van der Waals surface area contributed by atoms with Crippen molar-refractivity contribution in [2.45, 2.75) is 19.4 Å². The average Bonchev–Trinajstić information content (AvgIpc) is 3.17. The summed E-state index contributed by atoms with van der Waals surface area (Å²) in [5.74, 6) is -3.23. The number of non-ortho nitro benzene ring substituents is 1. The Balaban J connectivity index is 1.56. The van der Waals surface area contributed by atoms with Crippen LogP contribution in [0.4, 0.5) is 11.4 Å². The van der Waals surface area contributed by atoms with E-state index in [9.17, 15) is 28.1 Å². The van der Waals surface area contributed by atoms with Crippen LogP contribution >= 0.6 is 11.3 Å². The highest BCUT2D eigenvalue weighted by Crippen LogP contribution is 2.27. The van der Waals surface area contributed by atoms with Crippen molar-refractivity contribution in [2.24, 2.45) is 4.99 Å². The number of benzene rings is 2. The van der Waals surface area contributed by atoms with Gasteiger partial charge in [-0.2, -0.15) is 4.99 Å². The van der Waals surface area contributed by atoms with E-state index in [4.69, 9.17) is 4.74 Å². The number of rotatable bonds is 8. The van der Waals surface area contributed by atoms with Crippen LogP contribution in [0, 0.1) is 10.1 Å². The molecule has 0 bridgehead atoms. The minimum atomic E-state index is -4.08. The van der Waals surface area contributed by atoms with Crippen molar-refractivity contribution in [3.8, 4) is 0 Å². The molecule has 13 heteroatoms. The first kappa shape index (κ1) is 25.7. The molecule has 0 radical (unpaired) electrons. The van der Waals surface area contributed by atoms with E-state index >= 15 is 0 Å². The number of sulfone groups is 1. The van der Waals surface area contributed by atoms with Crippen LogP contribution < -0.4 is 9.70 Å². The number of aryl methyl sites for hydroxylation is 1. The van der Waals surface area contributed by atoms with Crippen molar-refractivity contribution in [1.82, 2.24) is 4.57 Å². The number of thiazole rings is 1. The van der Waals surface area contributed by atoms with Crippen molar-refractivity contribution >= 4 is 54.6 Å².